The Morgan fingerprint density at radius 2 is 2.58 bits per heavy atom. The Balaban J connectivity index is 2.41. The van der Waals surface area contributed by atoms with Gasteiger partial charge in [0, 0.05) is 18.0 Å². The zero-order valence-corrected chi connectivity index (χ0v) is 8.32. The van der Waals surface area contributed by atoms with Gasteiger partial charge in [-0.05, 0) is 13.3 Å². The molecule has 0 aromatic carbocycles. The fourth-order valence-electron chi connectivity index (χ4n) is 0.836. The predicted molar refractivity (Wildman–Crippen MR) is 51.9 cm³/mol. The van der Waals surface area contributed by atoms with Gasteiger partial charge in [-0.15, -0.1) is 11.3 Å². The second-order valence-corrected chi connectivity index (χ2v) is 3.98. The molecule has 5 heteroatoms. The van der Waals surface area contributed by atoms with Gasteiger partial charge >= 0.3 is 0 Å². The standard InChI is InChI=1S/C7H11ClN2OS/c1-5(2-3-11)9-6-4-12-7(8)10-6/h4-5,9,11H,2-3H2,1H3/t5-/m1/s1. The first-order chi connectivity index (χ1) is 5.72. The average Bonchev–Trinajstić information content (AvgIpc) is 2.36. The molecule has 2 N–H and O–H groups in total. The molecule has 68 valence electrons. The zero-order chi connectivity index (χ0) is 8.97. The molecule has 0 aliphatic rings. The van der Waals surface area contributed by atoms with Crippen molar-refractivity contribution >= 4 is 28.8 Å². The van der Waals surface area contributed by atoms with E-state index in [2.05, 4.69) is 10.3 Å². The van der Waals surface area contributed by atoms with Crippen LogP contribution >= 0.6 is 22.9 Å². The van der Waals surface area contributed by atoms with Crippen LogP contribution in [0.3, 0.4) is 0 Å². The molecule has 3 nitrogen and oxygen atoms in total. The number of hydrogen-bond donors (Lipinski definition) is 2. The van der Waals surface area contributed by atoms with Crippen molar-refractivity contribution in [3.05, 3.63) is 9.85 Å². The third-order valence-corrected chi connectivity index (χ3v) is 2.41. The van der Waals surface area contributed by atoms with Crippen LogP contribution in [0, 0.1) is 0 Å². The lowest BCUT2D eigenvalue weighted by Crippen LogP contribution is -2.16. The minimum atomic E-state index is 0.187. The molecule has 1 rings (SSSR count). The van der Waals surface area contributed by atoms with E-state index in [9.17, 15) is 0 Å². The van der Waals surface area contributed by atoms with Crippen LogP contribution in [0.15, 0.2) is 5.38 Å². The fraction of sp³-hybridized carbons (Fsp3) is 0.571. The van der Waals surface area contributed by atoms with E-state index >= 15 is 0 Å². The molecular weight excluding hydrogens is 196 g/mol. The van der Waals surface area contributed by atoms with Crippen LogP contribution in [-0.2, 0) is 0 Å². The molecule has 0 saturated heterocycles. The third kappa shape index (κ3) is 2.97. The highest BCUT2D eigenvalue weighted by molar-refractivity contribution is 7.14. The Morgan fingerprint density at radius 1 is 1.83 bits per heavy atom. The van der Waals surface area contributed by atoms with E-state index in [1.807, 2.05) is 12.3 Å². The number of rotatable bonds is 4. The Hall–Kier alpha value is -0.320. The molecule has 1 aromatic heterocycles. The highest BCUT2D eigenvalue weighted by atomic mass is 35.5. The molecule has 0 aliphatic heterocycles. The Morgan fingerprint density at radius 3 is 3.08 bits per heavy atom. The average molecular weight is 207 g/mol. The summed E-state index contributed by atoms with van der Waals surface area (Å²) in [5, 5.41) is 13.6. The van der Waals surface area contributed by atoms with E-state index in [-0.39, 0.29) is 12.6 Å². The van der Waals surface area contributed by atoms with Gasteiger partial charge in [0.1, 0.15) is 5.82 Å². The monoisotopic (exact) mass is 206 g/mol. The predicted octanol–water partition coefficient (Wildman–Crippen LogP) is 1.98. The smallest absolute Gasteiger partial charge is 0.185 e. The normalized spacial score (nSPS) is 12.9. The highest BCUT2D eigenvalue weighted by Gasteiger charge is 2.03. The number of anilines is 1. The van der Waals surface area contributed by atoms with Crippen LogP contribution < -0.4 is 5.32 Å². The SMILES string of the molecule is C[C@H](CCO)Nc1csc(Cl)n1. The highest BCUT2D eigenvalue weighted by Crippen LogP contribution is 2.19. The summed E-state index contributed by atoms with van der Waals surface area (Å²) in [4.78, 5) is 4.02. The summed E-state index contributed by atoms with van der Waals surface area (Å²) in [6.45, 7) is 2.18. The molecule has 0 radical (unpaired) electrons. The van der Waals surface area contributed by atoms with Gasteiger partial charge in [-0.2, -0.15) is 0 Å². The molecule has 0 fully saturated rings. The van der Waals surface area contributed by atoms with E-state index < -0.39 is 0 Å². The third-order valence-electron chi connectivity index (χ3n) is 1.43. The van der Waals surface area contributed by atoms with Crippen LogP contribution in [0.2, 0.25) is 4.47 Å². The maximum absolute atomic E-state index is 8.64. The van der Waals surface area contributed by atoms with Crippen molar-refractivity contribution in [3.8, 4) is 0 Å². The first kappa shape index (κ1) is 9.77. The molecule has 1 heterocycles. The topological polar surface area (TPSA) is 45.1 Å². The molecular formula is C7H11ClN2OS. The van der Waals surface area contributed by atoms with E-state index in [0.29, 0.717) is 4.47 Å². The molecule has 0 saturated carbocycles. The maximum atomic E-state index is 8.64. The molecule has 0 amide bonds. The molecule has 12 heavy (non-hydrogen) atoms. The van der Waals surface area contributed by atoms with Gasteiger partial charge in [-0.25, -0.2) is 4.98 Å². The van der Waals surface area contributed by atoms with Crippen LogP contribution in [0.25, 0.3) is 0 Å². The van der Waals surface area contributed by atoms with Crippen LogP contribution in [0.1, 0.15) is 13.3 Å². The molecule has 0 aliphatic carbocycles. The second-order valence-electron chi connectivity index (χ2n) is 2.54. The Labute approximate surface area is 80.4 Å². The van der Waals surface area contributed by atoms with Gasteiger partial charge < -0.3 is 10.4 Å². The van der Waals surface area contributed by atoms with Crippen LogP contribution in [-0.4, -0.2) is 22.7 Å². The molecule has 1 aromatic rings. The Kier molecular flexibility index (Phi) is 3.78. The van der Waals surface area contributed by atoms with E-state index in [1.54, 1.807) is 0 Å². The number of aliphatic hydroxyl groups excluding tert-OH is 1. The summed E-state index contributed by atoms with van der Waals surface area (Å²) in [5.74, 6) is 0.783. The quantitative estimate of drug-likeness (QED) is 0.792. The van der Waals surface area contributed by atoms with Crippen molar-refractivity contribution in [1.82, 2.24) is 4.98 Å². The van der Waals surface area contributed by atoms with Crippen molar-refractivity contribution in [2.24, 2.45) is 0 Å². The zero-order valence-electron chi connectivity index (χ0n) is 6.75. The van der Waals surface area contributed by atoms with E-state index in [0.717, 1.165) is 12.2 Å². The number of nitrogens with one attached hydrogen (secondary N) is 1. The van der Waals surface area contributed by atoms with Crippen molar-refractivity contribution in [2.75, 3.05) is 11.9 Å². The minimum Gasteiger partial charge on any atom is -0.396 e. The lowest BCUT2D eigenvalue weighted by atomic mass is 10.2. The maximum Gasteiger partial charge on any atom is 0.185 e. The lowest BCUT2D eigenvalue weighted by Gasteiger charge is -2.10. The molecule has 0 spiro atoms. The number of thiazole rings is 1. The summed E-state index contributed by atoms with van der Waals surface area (Å²) in [5.41, 5.74) is 0. The Bertz CT molecular complexity index is 241. The van der Waals surface area contributed by atoms with E-state index in [4.69, 9.17) is 16.7 Å². The summed E-state index contributed by atoms with van der Waals surface area (Å²) in [6.07, 6.45) is 0.717. The van der Waals surface area contributed by atoms with Gasteiger partial charge in [-0.1, -0.05) is 11.6 Å². The number of nitrogens with zero attached hydrogens (tertiary/aromatic N) is 1. The van der Waals surface area contributed by atoms with Gasteiger partial charge in [0.15, 0.2) is 4.47 Å². The first-order valence-corrected chi connectivity index (χ1v) is 4.96. The minimum absolute atomic E-state index is 0.187. The van der Waals surface area contributed by atoms with Gasteiger partial charge in [0.2, 0.25) is 0 Å². The van der Waals surface area contributed by atoms with Crippen molar-refractivity contribution in [2.45, 2.75) is 19.4 Å². The number of aromatic nitrogens is 1. The van der Waals surface area contributed by atoms with Crippen molar-refractivity contribution in [1.29, 1.82) is 0 Å². The number of aliphatic hydroxyl groups is 1. The number of hydrogen-bond acceptors (Lipinski definition) is 4. The van der Waals surface area contributed by atoms with Crippen molar-refractivity contribution in [3.63, 3.8) is 0 Å². The first-order valence-electron chi connectivity index (χ1n) is 3.71. The summed E-state index contributed by atoms with van der Waals surface area (Å²) in [6, 6.07) is 0.230. The van der Waals surface area contributed by atoms with Crippen molar-refractivity contribution < 1.29 is 5.11 Å². The summed E-state index contributed by atoms with van der Waals surface area (Å²) >= 11 is 7.03. The largest absolute Gasteiger partial charge is 0.396 e. The lowest BCUT2D eigenvalue weighted by molar-refractivity contribution is 0.282. The number of halogens is 1. The van der Waals surface area contributed by atoms with Crippen LogP contribution in [0.5, 0.6) is 0 Å². The van der Waals surface area contributed by atoms with Gasteiger partial charge in [0.25, 0.3) is 0 Å². The molecule has 0 bridgehead atoms. The van der Waals surface area contributed by atoms with E-state index in [1.165, 1.54) is 11.3 Å². The second kappa shape index (κ2) is 4.64. The molecule has 1 atom stereocenters. The fourth-order valence-corrected chi connectivity index (χ4v) is 1.54. The van der Waals surface area contributed by atoms with Crippen LogP contribution in [0.4, 0.5) is 5.82 Å². The molecule has 0 unspecified atom stereocenters. The summed E-state index contributed by atoms with van der Waals surface area (Å²) < 4.78 is 0.536. The van der Waals surface area contributed by atoms with Gasteiger partial charge in [-0.3, -0.25) is 0 Å². The van der Waals surface area contributed by atoms with Gasteiger partial charge in [0.05, 0.1) is 0 Å². The summed E-state index contributed by atoms with van der Waals surface area (Å²) in [7, 11) is 0.